The zero-order valence-corrected chi connectivity index (χ0v) is 12.9. The molecule has 118 valence electrons. The topological polar surface area (TPSA) is 58.2 Å². The molecule has 1 saturated carbocycles. The molecule has 2 aromatic carbocycles. The second-order valence-electron chi connectivity index (χ2n) is 5.87. The van der Waals surface area contributed by atoms with Crippen LogP contribution >= 0.6 is 0 Å². The Morgan fingerprint density at radius 1 is 0.913 bits per heavy atom. The van der Waals surface area contributed by atoms with Gasteiger partial charge in [-0.3, -0.25) is 9.59 Å². The summed E-state index contributed by atoms with van der Waals surface area (Å²) in [6.07, 6.45) is 2.18. The molecule has 0 unspecified atom stereocenters. The fraction of sp³-hybridized carbons (Fsp3) is 0.263. The second kappa shape index (κ2) is 7.09. The lowest BCUT2D eigenvalue weighted by atomic mass is 10.0. The van der Waals surface area contributed by atoms with Crippen molar-refractivity contribution in [3.63, 3.8) is 0 Å². The molecule has 0 bridgehead atoms. The molecule has 0 spiro atoms. The van der Waals surface area contributed by atoms with E-state index in [0.717, 1.165) is 24.0 Å². The van der Waals surface area contributed by atoms with Gasteiger partial charge in [-0.05, 0) is 29.9 Å². The molecule has 0 heterocycles. The average Bonchev–Trinajstić information content (AvgIpc) is 3.44. The lowest BCUT2D eigenvalue weighted by Crippen LogP contribution is -2.41. The van der Waals surface area contributed by atoms with Crippen molar-refractivity contribution < 1.29 is 9.59 Å². The maximum Gasteiger partial charge on any atom is 0.309 e. The van der Waals surface area contributed by atoms with E-state index < -0.39 is 11.8 Å². The molecule has 1 aliphatic carbocycles. The molecule has 2 N–H and O–H groups in total. The summed E-state index contributed by atoms with van der Waals surface area (Å²) in [4.78, 5) is 24.2. The van der Waals surface area contributed by atoms with E-state index in [0.29, 0.717) is 12.5 Å². The Bertz CT molecular complexity index is 666. The van der Waals surface area contributed by atoms with E-state index >= 15 is 0 Å². The number of carbonyl (C=O) groups is 2. The fourth-order valence-electron chi connectivity index (χ4n) is 2.63. The fourth-order valence-corrected chi connectivity index (χ4v) is 2.63. The zero-order valence-electron chi connectivity index (χ0n) is 12.9. The molecule has 4 nitrogen and oxygen atoms in total. The van der Waals surface area contributed by atoms with Gasteiger partial charge in [0.1, 0.15) is 0 Å². The first kappa shape index (κ1) is 15.3. The lowest BCUT2D eigenvalue weighted by Gasteiger charge is -2.18. The van der Waals surface area contributed by atoms with Gasteiger partial charge in [0.15, 0.2) is 0 Å². The molecule has 3 rings (SSSR count). The largest absolute Gasteiger partial charge is 0.344 e. The Morgan fingerprint density at radius 2 is 1.52 bits per heavy atom. The number of nitrogens with one attached hydrogen (secondary N) is 2. The summed E-state index contributed by atoms with van der Waals surface area (Å²) in [5.41, 5.74) is 2.02. The van der Waals surface area contributed by atoms with Gasteiger partial charge in [0.05, 0.1) is 6.04 Å². The summed E-state index contributed by atoms with van der Waals surface area (Å²) < 4.78 is 0. The molecule has 1 atom stereocenters. The van der Waals surface area contributed by atoms with E-state index in [2.05, 4.69) is 10.6 Å². The molecule has 0 saturated heterocycles. The van der Waals surface area contributed by atoms with Gasteiger partial charge in [-0.25, -0.2) is 0 Å². The molecule has 4 heteroatoms. The number of benzene rings is 2. The van der Waals surface area contributed by atoms with Gasteiger partial charge in [0, 0.05) is 6.54 Å². The van der Waals surface area contributed by atoms with Crippen LogP contribution in [0.4, 0.5) is 0 Å². The van der Waals surface area contributed by atoms with Crippen LogP contribution in [0.15, 0.2) is 60.7 Å². The van der Waals surface area contributed by atoms with Gasteiger partial charge in [0.2, 0.25) is 0 Å². The molecular formula is C19H20N2O2. The Balaban J connectivity index is 1.57. The Hall–Kier alpha value is -2.62. The van der Waals surface area contributed by atoms with Crippen LogP contribution in [0.2, 0.25) is 0 Å². The molecule has 0 aliphatic heterocycles. The third kappa shape index (κ3) is 4.19. The van der Waals surface area contributed by atoms with Crippen molar-refractivity contribution in [3.05, 3.63) is 71.8 Å². The number of carbonyl (C=O) groups excluding carboxylic acids is 2. The Kier molecular flexibility index (Phi) is 4.71. The Labute approximate surface area is 135 Å². The van der Waals surface area contributed by atoms with Crippen LogP contribution in [-0.2, 0) is 16.1 Å². The van der Waals surface area contributed by atoms with Crippen molar-refractivity contribution >= 4 is 11.8 Å². The van der Waals surface area contributed by atoms with Gasteiger partial charge in [-0.2, -0.15) is 0 Å². The summed E-state index contributed by atoms with van der Waals surface area (Å²) >= 11 is 0. The van der Waals surface area contributed by atoms with Crippen molar-refractivity contribution in [2.24, 2.45) is 5.92 Å². The molecule has 0 radical (unpaired) electrons. The first-order valence-electron chi connectivity index (χ1n) is 7.91. The van der Waals surface area contributed by atoms with E-state index in [9.17, 15) is 9.59 Å². The van der Waals surface area contributed by atoms with Crippen LogP contribution < -0.4 is 10.6 Å². The predicted octanol–water partition coefficient (Wildman–Crippen LogP) is 2.57. The molecular weight excluding hydrogens is 288 g/mol. The average molecular weight is 308 g/mol. The van der Waals surface area contributed by atoms with Crippen molar-refractivity contribution in [3.8, 4) is 0 Å². The standard InChI is InChI=1S/C19H20N2O2/c22-18(20-13-14-7-3-1-4-8-14)19(23)21-17(16-11-12-16)15-9-5-2-6-10-15/h1-10,16-17H,11-13H2,(H,20,22)(H,21,23)/t17-/m0/s1. The minimum absolute atomic E-state index is 0.0776. The van der Waals surface area contributed by atoms with Crippen molar-refractivity contribution in [2.45, 2.75) is 25.4 Å². The molecule has 2 amide bonds. The van der Waals surface area contributed by atoms with Gasteiger partial charge >= 0.3 is 11.8 Å². The first-order valence-corrected chi connectivity index (χ1v) is 7.91. The second-order valence-corrected chi connectivity index (χ2v) is 5.87. The highest BCUT2D eigenvalue weighted by atomic mass is 16.2. The van der Waals surface area contributed by atoms with Crippen LogP contribution in [0, 0.1) is 5.92 Å². The third-order valence-electron chi connectivity index (χ3n) is 4.04. The smallest absolute Gasteiger partial charge is 0.309 e. The Morgan fingerprint density at radius 3 is 2.13 bits per heavy atom. The van der Waals surface area contributed by atoms with Crippen molar-refractivity contribution in [2.75, 3.05) is 0 Å². The predicted molar refractivity (Wildman–Crippen MR) is 88.3 cm³/mol. The number of hydrogen-bond acceptors (Lipinski definition) is 2. The van der Waals surface area contributed by atoms with E-state index in [1.54, 1.807) is 0 Å². The van der Waals surface area contributed by atoms with Gasteiger partial charge in [0.25, 0.3) is 0 Å². The van der Waals surface area contributed by atoms with Crippen LogP contribution in [-0.4, -0.2) is 11.8 Å². The molecule has 2 aromatic rings. The first-order chi connectivity index (χ1) is 11.2. The van der Waals surface area contributed by atoms with E-state index in [1.165, 1.54) is 0 Å². The SMILES string of the molecule is O=C(NCc1ccccc1)C(=O)N[C@@H](c1ccccc1)C1CC1. The van der Waals surface area contributed by atoms with Crippen LogP contribution in [0.1, 0.15) is 30.0 Å². The third-order valence-corrected chi connectivity index (χ3v) is 4.04. The minimum atomic E-state index is -0.588. The summed E-state index contributed by atoms with van der Waals surface area (Å²) in [6, 6.07) is 19.3. The maximum atomic E-state index is 12.2. The maximum absolute atomic E-state index is 12.2. The van der Waals surface area contributed by atoms with E-state index in [-0.39, 0.29) is 6.04 Å². The van der Waals surface area contributed by atoms with Crippen molar-refractivity contribution in [1.82, 2.24) is 10.6 Å². The van der Waals surface area contributed by atoms with Crippen molar-refractivity contribution in [1.29, 1.82) is 0 Å². The highest BCUT2D eigenvalue weighted by Crippen LogP contribution is 2.40. The summed E-state index contributed by atoms with van der Waals surface area (Å²) in [7, 11) is 0. The number of amides is 2. The minimum Gasteiger partial charge on any atom is -0.344 e. The normalized spacial score (nSPS) is 14.8. The van der Waals surface area contributed by atoms with E-state index in [4.69, 9.17) is 0 Å². The molecule has 23 heavy (non-hydrogen) atoms. The van der Waals surface area contributed by atoms with Gasteiger partial charge < -0.3 is 10.6 Å². The lowest BCUT2D eigenvalue weighted by molar-refractivity contribution is -0.139. The zero-order chi connectivity index (χ0) is 16.1. The summed E-state index contributed by atoms with van der Waals surface area (Å²) in [5, 5.41) is 5.54. The molecule has 1 fully saturated rings. The van der Waals surface area contributed by atoms with E-state index in [1.807, 2.05) is 60.7 Å². The van der Waals surface area contributed by atoms with Crippen LogP contribution in [0.3, 0.4) is 0 Å². The monoisotopic (exact) mass is 308 g/mol. The molecule has 1 aliphatic rings. The molecule has 0 aromatic heterocycles. The van der Waals surface area contributed by atoms with Crippen LogP contribution in [0.25, 0.3) is 0 Å². The number of rotatable bonds is 5. The highest BCUT2D eigenvalue weighted by molar-refractivity contribution is 6.35. The van der Waals surface area contributed by atoms with Crippen LogP contribution in [0.5, 0.6) is 0 Å². The quantitative estimate of drug-likeness (QED) is 0.834. The highest BCUT2D eigenvalue weighted by Gasteiger charge is 2.34. The summed E-state index contributed by atoms with van der Waals surface area (Å²) in [6.45, 7) is 0.354. The number of hydrogen-bond donors (Lipinski definition) is 2. The van der Waals surface area contributed by atoms with Gasteiger partial charge in [-0.1, -0.05) is 60.7 Å². The van der Waals surface area contributed by atoms with Gasteiger partial charge in [-0.15, -0.1) is 0 Å². The summed E-state index contributed by atoms with van der Waals surface area (Å²) in [5.74, 6) is -0.722.